The van der Waals surface area contributed by atoms with Crippen LogP contribution in [0.2, 0.25) is 0 Å². The molecule has 0 unspecified atom stereocenters. The Morgan fingerprint density at radius 3 is 2.62 bits per heavy atom. The van der Waals surface area contributed by atoms with Crippen LogP contribution in [0, 0.1) is 5.92 Å². The third-order valence-electron chi connectivity index (χ3n) is 3.36. The highest BCUT2D eigenvalue weighted by Crippen LogP contribution is 2.38. The zero-order valence-corrected chi connectivity index (χ0v) is 10.6. The first-order chi connectivity index (χ1) is 7.40. The quantitative estimate of drug-likeness (QED) is 0.736. The first-order valence-corrected chi connectivity index (χ1v) is 6.07. The van der Waals surface area contributed by atoms with Crippen molar-refractivity contribution >= 4 is 5.78 Å². The van der Waals surface area contributed by atoms with Crippen LogP contribution in [0.3, 0.4) is 0 Å². The molecule has 1 aromatic carbocycles. The third kappa shape index (κ3) is 1.91. The lowest BCUT2D eigenvalue weighted by atomic mass is 9.86. The monoisotopic (exact) mass is 216 g/mol. The van der Waals surface area contributed by atoms with Gasteiger partial charge in [-0.05, 0) is 34.9 Å². The topological polar surface area (TPSA) is 17.1 Å². The maximum atomic E-state index is 11.9. The number of fused-ring (bicyclic) bond motifs is 1. The van der Waals surface area contributed by atoms with Crippen LogP contribution in [0.25, 0.3) is 0 Å². The minimum Gasteiger partial charge on any atom is -0.294 e. The maximum Gasteiger partial charge on any atom is 0.164 e. The Hall–Kier alpha value is -1.11. The average Bonchev–Trinajstić information content (AvgIpc) is 2.36. The Kier molecular flexibility index (Phi) is 2.65. The van der Waals surface area contributed by atoms with Crippen LogP contribution in [0.1, 0.15) is 55.6 Å². The number of ketones is 1. The van der Waals surface area contributed by atoms with Crippen LogP contribution in [0.5, 0.6) is 0 Å². The maximum absolute atomic E-state index is 11.9. The molecular formula is C15H20O. The van der Waals surface area contributed by atoms with Gasteiger partial charge in [0.2, 0.25) is 0 Å². The molecule has 0 radical (unpaired) electrons. The van der Waals surface area contributed by atoms with Gasteiger partial charge < -0.3 is 0 Å². The highest BCUT2D eigenvalue weighted by atomic mass is 16.1. The van der Waals surface area contributed by atoms with E-state index in [1.54, 1.807) is 0 Å². The lowest BCUT2D eigenvalue weighted by Gasteiger charge is -2.17. The lowest BCUT2D eigenvalue weighted by Crippen LogP contribution is -2.12. The van der Waals surface area contributed by atoms with Gasteiger partial charge in [-0.2, -0.15) is 0 Å². The van der Waals surface area contributed by atoms with Crippen LogP contribution in [-0.2, 0) is 11.8 Å². The Bertz CT molecular complexity index is 427. The largest absolute Gasteiger partial charge is 0.294 e. The normalized spacial score (nSPS) is 17.9. The minimum atomic E-state index is 0.0305. The standard InChI is InChI=1S/C15H20O/c1-10(2)7-11-5-6-13-12(8-11)14(16)9-15(13,3)4/h5-6,8,10H,7,9H2,1-4H3. The molecule has 0 amide bonds. The van der Waals surface area contributed by atoms with Gasteiger partial charge in [-0.3, -0.25) is 4.79 Å². The second-order valence-corrected chi connectivity index (χ2v) is 5.96. The second-order valence-electron chi connectivity index (χ2n) is 5.96. The molecule has 0 saturated heterocycles. The first kappa shape index (κ1) is 11.4. The van der Waals surface area contributed by atoms with Gasteiger partial charge in [-0.25, -0.2) is 0 Å². The van der Waals surface area contributed by atoms with E-state index in [1.165, 1.54) is 11.1 Å². The van der Waals surface area contributed by atoms with Crippen molar-refractivity contribution in [2.45, 2.75) is 46.0 Å². The zero-order valence-electron chi connectivity index (χ0n) is 10.6. The summed E-state index contributed by atoms with van der Waals surface area (Å²) in [6.07, 6.45) is 1.72. The molecule has 16 heavy (non-hydrogen) atoms. The molecule has 1 heteroatoms. The van der Waals surface area contributed by atoms with Crippen molar-refractivity contribution in [1.29, 1.82) is 0 Å². The summed E-state index contributed by atoms with van der Waals surface area (Å²) >= 11 is 0. The molecule has 86 valence electrons. The van der Waals surface area contributed by atoms with Crippen molar-refractivity contribution in [3.63, 3.8) is 0 Å². The lowest BCUT2D eigenvalue weighted by molar-refractivity contribution is 0.0979. The van der Waals surface area contributed by atoms with E-state index in [-0.39, 0.29) is 5.41 Å². The van der Waals surface area contributed by atoms with E-state index in [0.29, 0.717) is 18.1 Å². The summed E-state index contributed by atoms with van der Waals surface area (Å²) in [5, 5.41) is 0. The van der Waals surface area contributed by atoms with Gasteiger partial charge in [0.25, 0.3) is 0 Å². The van der Waals surface area contributed by atoms with Crippen LogP contribution < -0.4 is 0 Å². The summed E-state index contributed by atoms with van der Waals surface area (Å²) in [6.45, 7) is 8.72. The van der Waals surface area contributed by atoms with Gasteiger partial charge in [-0.1, -0.05) is 39.8 Å². The number of Topliss-reactive ketones (excluding diaryl/α,β-unsaturated/α-hetero) is 1. The molecule has 0 spiro atoms. The Balaban J connectivity index is 2.41. The fourth-order valence-electron chi connectivity index (χ4n) is 2.60. The molecule has 0 bridgehead atoms. The van der Waals surface area contributed by atoms with E-state index in [9.17, 15) is 4.79 Å². The molecule has 0 fully saturated rings. The Labute approximate surface area is 97.9 Å². The molecule has 1 aromatic rings. The van der Waals surface area contributed by atoms with Crippen molar-refractivity contribution < 1.29 is 4.79 Å². The molecule has 1 aliphatic rings. The molecular weight excluding hydrogens is 196 g/mol. The minimum absolute atomic E-state index is 0.0305. The predicted octanol–water partition coefficient (Wildman–Crippen LogP) is 3.75. The molecule has 0 atom stereocenters. The SMILES string of the molecule is CC(C)Cc1ccc2c(c1)C(=O)CC2(C)C. The van der Waals surface area contributed by atoms with Crippen molar-refractivity contribution in [2.75, 3.05) is 0 Å². The van der Waals surface area contributed by atoms with Gasteiger partial charge in [-0.15, -0.1) is 0 Å². The number of benzene rings is 1. The molecule has 0 heterocycles. The van der Waals surface area contributed by atoms with E-state index >= 15 is 0 Å². The predicted molar refractivity (Wildman–Crippen MR) is 67.0 cm³/mol. The number of carbonyl (C=O) groups excluding carboxylic acids is 1. The van der Waals surface area contributed by atoms with Crippen LogP contribution in [-0.4, -0.2) is 5.78 Å². The second kappa shape index (κ2) is 3.73. The summed E-state index contributed by atoms with van der Waals surface area (Å²) in [4.78, 5) is 11.9. The van der Waals surface area contributed by atoms with Crippen LogP contribution in [0.15, 0.2) is 18.2 Å². The van der Waals surface area contributed by atoms with Crippen LogP contribution in [0.4, 0.5) is 0 Å². The molecule has 0 aliphatic heterocycles. The zero-order chi connectivity index (χ0) is 11.9. The summed E-state index contributed by atoms with van der Waals surface area (Å²) in [7, 11) is 0. The number of rotatable bonds is 2. The van der Waals surface area contributed by atoms with Crippen LogP contribution >= 0.6 is 0 Å². The summed E-state index contributed by atoms with van der Waals surface area (Å²) < 4.78 is 0. The molecule has 1 nitrogen and oxygen atoms in total. The fourth-order valence-corrected chi connectivity index (χ4v) is 2.60. The van der Waals surface area contributed by atoms with Crippen molar-refractivity contribution in [2.24, 2.45) is 5.92 Å². The summed E-state index contributed by atoms with van der Waals surface area (Å²) in [5.41, 5.74) is 3.51. The molecule has 2 rings (SSSR count). The van der Waals surface area contributed by atoms with Crippen molar-refractivity contribution in [3.8, 4) is 0 Å². The van der Waals surface area contributed by atoms with E-state index in [2.05, 4.69) is 45.9 Å². The Morgan fingerprint density at radius 1 is 1.31 bits per heavy atom. The molecule has 0 saturated carbocycles. The average molecular weight is 216 g/mol. The summed E-state index contributed by atoms with van der Waals surface area (Å²) in [5.74, 6) is 0.952. The third-order valence-corrected chi connectivity index (χ3v) is 3.36. The Morgan fingerprint density at radius 2 is 2.00 bits per heavy atom. The molecule has 1 aliphatic carbocycles. The van der Waals surface area contributed by atoms with E-state index < -0.39 is 0 Å². The summed E-state index contributed by atoms with van der Waals surface area (Å²) in [6, 6.07) is 6.43. The number of hydrogen-bond donors (Lipinski definition) is 0. The highest BCUT2D eigenvalue weighted by Gasteiger charge is 2.35. The molecule has 0 aromatic heterocycles. The number of carbonyl (C=O) groups is 1. The molecule has 0 N–H and O–H groups in total. The smallest absolute Gasteiger partial charge is 0.164 e. The van der Waals surface area contributed by atoms with Gasteiger partial charge in [0, 0.05) is 12.0 Å². The first-order valence-electron chi connectivity index (χ1n) is 6.07. The van der Waals surface area contributed by atoms with Crippen molar-refractivity contribution in [3.05, 3.63) is 34.9 Å². The van der Waals surface area contributed by atoms with Gasteiger partial charge in [0.05, 0.1) is 0 Å². The van der Waals surface area contributed by atoms with E-state index in [1.807, 2.05) is 0 Å². The van der Waals surface area contributed by atoms with E-state index in [0.717, 1.165) is 12.0 Å². The van der Waals surface area contributed by atoms with Gasteiger partial charge in [0.15, 0.2) is 5.78 Å². The van der Waals surface area contributed by atoms with Gasteiger partial charge >= 0.3 is 0 Å². The fraction of sp³-hybridized carbons (Fsp3) is 0.533. The highest BCUT2D eigenvalue weighted by molar-refractivity contribution is 6.02. The van der Waals surface area contributed by atoms with Gasteiger partial charge in [0.1, 0.15) is 0 Å². The number of hydrogen-bond acceptors (Lipinski definition) is 1. The van der Waals surface area contributed by atoms with E-state index in [4.69, 9.17) is 0 Å². The van der Waals surface area contributed by atoms with Crippen molar-refractivity contribution in [1.82, 2.24) is 0 Å².